The Bertz CT molecular complexity index is 417. The first-order valence-corrected chi connectivity index (χ1v) is 7.14. The van der Waals surface area contributed by atoms with E-state index in [4.69, 9.17) is 0 Å². The molecule has 0 aromatic rings. The van der Waals surface area contributed by atoms with Gasteiger partial charge in [-0.25, -0.2) is 8.42 Å². The number of hydrogen-bond acceptors (Lipinski definition) is 6. The lowest BCUT2D eigenvalue weighted by molar-refractivity contribution is -0.119. The molecule has 0 aliphatic carbocycles. The summed E-state index contributed by atoms with van der Waals surface area (Å²) in [5.41, 5.74) is 5.06. The van der Waals surface area contributed by atoms with Gasteiger partial charge in [-0.05, 0) is 0 Å². The molecular weight excluding hydrogens is 238 g/mol. The zero-order chi connectivity index (χ0) is 11.1. The molecule has 2 aliphatic heterocycles. The van der Waals surface area contributed by atoms with Crippen LogP contribution in [0.25, 0.3) is 0 Å². The van der Waals surface area contributed by atoms with Crippen molar-refractivity contribution in [2.24, 2.45) is 4.99 Å². The van der Waals surface area contributed by atoms with Crippen molar-refractivity contribution < 1.29 is 13.2 Å². The second kappa shape index (κ2) is 3.67. The van der Waals surface area contributed by atoms with Crippen molar-refractivity contribution in [2.75, 3.05) is 11.5 Å². The van der Waals surface area contributed by atoms with Gasteiger partial charge in [-0.1, -0.05) is 11.8 Å². The van der Waals surface area contributed by atoms with Gasteiger partial charge in [-0.3, -0.25) is 20.6 Å². The van der Waals surface area contributed by atoms with Crippen LogP contribution in [0.15, 0.2) is 4.99 Å². The summed E-state index contributed by atoms with van der Waals surface area (Å²) in [6, 6.07) is -0.156. The molecule has 1 saturated heterocycles. The Morgan fingerprint density at radius 1 is 1.53 bits per heavy atom. The zero-order valence-electron chi connectivity index (χ0n) is 8.06. The van der Waals surface area contributed by atoms with Crippen LogP contribution in [0.4, 0.5) is 0 Å². The number of rotatable bonds is 0. The van der Waals surface area contributed by atoms with Crippen LogP contribution in [0, 0.1) is 0 Å². The third-order valence-electron chi connectivity index (χ3n) is 2.16. The Kier molecular flexibility index (Phi) is 2.63. The minimum absolute atomic E-state index is 0.00579. The fourth-order valence-corrected chi connectivity index (χ4v) is 5.17. The highest BCUT2D eigenvalue weighted by atomic mass is 32.2. The van der Waals surface area contributed by atoms with E-state index in [1.54, 1.807) is 0 Å². The second-order valence-electron chi connectivity index (χ2n) is 3.54. The molecule has 0 spiro atoms. The van der Waals surface area contributed by atoms with Gasteiger partial charge < -0.3 is 0 Å². The SMILES string of the molecule is CC(=O)NNC1=NC2CS(=O)(=O)CC2S1. The maximum absolute atomic E-state index is 11.2. The lowest BCUT2D eigenvalue weighted by atomic mass is 10.3. The van der Waals surface area contributed by atoms with Crippen molar-refractivity contribution in [3.05, 3.63) is 0 Å². The summed E-state index contributed by atoms with van der Waals surface area (Å²) < 4.78 is 22.5. The van der Waals surface area contributed by atoms with Crippen molar-refractivity contribution in [3.8, 4) is 0 Å². The van der Waals surface area contributed by atoms with E-state index in [1.165, 1.54) is 18.7 Å². The van der Waals surface area contributed by atoms with E-state index >= 15 is 0 Å². The molecule has 2 rings (SSSR count). The van der Waals surface area contributed by atoms with Gasteiger partial charge in [0.2, 0.25) is 5.91 Å². The van der Waals surface area contributed by atoms with Gasteiger partial charge in [0.1, 0.15) is 0 Å². The number of carbonyl (C=O) groups excluding carboxylic acids is 1. The summed E-state index contributed by atoms with van der Waals surface area (Å²) in [6.07, 6.45) is 0. The van der Waals surface area contributed by atoms with Crippen LogP contribution in [-0.4, -0.2) is 42.3 Å². The number of thioether (sulfide) groups is 1. The summed E-state index contributed by atoms with van der Waals surface area (Å²) in [5.74, 6) is 0.0930. The third-order valence-corrected chi connectivity index (χ3v) is 5.31. The highest BCUT2D eigenvalue weighted by Crippen LogP contribution is 2.33. The van der Waals surface area contributed by atoms with Crippen molar-refractivity contribution in [2.45, 2.75) is 18.2 Å². The number of sulfone groups is 1. The Hall–Kier alpha value is -0.760. The van der Waals surface area contributed by atoms with Crippen LogP contribution < -0.4 is 10.9 Å². The van der Waals surface area contributed by atoms with Crippen LogP contribution in [0.5, 0.6) is 0 Å². The van der Waals surface area contributed by atoms with Crippen molar-refractivity contribution in [1.29, 1.82) is 0 Å². The van der Waals surface area contributed by atoms with Crippen LogP contribution in [0.2, 0.25) is 0 Å². The molecule has 0 aromatic heterocycles. The number of nitrogens with one attached hydrogen (secondary N) is 2. The topological polar surface area (TPSA) is 87.6 Å². The summed E-state index contributed by atoms with van der Waals surface area (Å²) in [5, 5.41) is 0.598. The quantitative estimate of drug-likeness (QED) is 0.532. The summed E-state index contributed by atoms with van der Waals surface area (Å²) >= 11 is 1.37. The highest BCUT2D eigenvalue weighted by molar-refractivity contribution is 8.15. The summed E-state index contributed by atoms with van der Waals surface area (Å²) in [7, 11) is -2.90. The molecule has 0 saturated carbocycles. The predicted octanol–water partition coefficient (Wildman–Crippen LogP) is -1.10. The molecule has 1 fully saturated rings. The van der Waals surface area contributed by atoms with E-state index < -0.39 is 9.84 Å². The molecule has 0 aromatic carbocycles. The van der Waals surface area contributed by atoms with Gasteiger partial charge in [0.25, 0.3) is 0 Å². The number of hydrazine groups is 1. The first-order valence-electron chi connectivity index (χ1n) is 4.44. The van der Waals surface area contributed by atoms with Gasteiger partial charge in [0.15, 0.2) is 15.0 Å². The second-order valence-corrected chi connectivity index (χ2v) is 6.92. The molecule has 2 unspecified atom stereocenters. The summed E-state index contributed by atoms with van der Waals surface area (Å²) in [4.78, 5) is 14.8. The number of fused-ring (bicyclic) bond motifs is 1. The number of amidine groups is 1. The zero-order valence-corrected chi connectivity index (χ0v) is 9.69. The van der Waals surface area contributed by atoms with E-state index in [9.17, 15) is 13.2 Å². The molecule has 1 amide bonds. The average molecular weight is 249 g/mol. The predicted molar refractivity (Wildman–Crippen MR) is 58.2 cm³/mol. The normalized spacial score (nSPS) is 31.9. The molecule has 2 atom stereocenters. The fraction of sp³-hybridized carbons (Fsp3) is 0.714. The highest BCUT2D eigenvalue weighted by Gasteiger charge is 2.42. The van der Waals surface area contributed by atoms with E-state index in [2.05, 4.69) is 15.8 Å². The van der Waals surface area contributed by atoms with Crippen molar-refractivity contribution in [1.82, 2.24) is 10.9 Å². The maximum atomic E-state index is 11.2. The number of aliphatic imine (C=N–C) groups is 1. The van der Waals surface area contributed by atoms with Crippen LogP contribution >= 0.6 is 11.8 Å². The fourth-order valence-electron chi connectivity index (χ4n) is 1.56. The van der Waals surface area contributed by atoms with Gasteiger partial charge in [-0.15, -0.1) is 0 Å². The molecule has 15 heavy (non-hydrogen) atoms. The van der Waals surface area contributed by atoms with Crippen molar-refractivity contribution >= 4 is 32.7 Å². The monoisotopic (exact) mass is 249 g/mol. The van der Waals surface area contributed by atoms with Crippen LogP contribution in [-0.2, 0) is 14.6 Å². The van der Waals surface area contributed by atoms with Crippen molar-refractivity contribution in [3.63, 3.8) is 0 Å². The number of amides is 1. The number of hydrogen-bond donors (Lipinski definition) is 2. The minimum atomic E-state index is -2.90. The molecule has 8 heteroatoms. The molecule has 84 valence electrons. The van der Waals surface area contributed by atoms with Crippen LogP contribution in [0.1, 0.15) is 6.92 Å². The standard InChI is InChI=1S/C7H11N3O3S2/c1-4(11)9-10-7-8-5-2-15(12,13)3-6(5)14-7/h5-6H,2-3H2,1H3,(H,8,10)(H,9,11). The lowest BCUT2D eigenvalue weighted by Crippen LogP contribution is -2.38. The van der Waals surface area contributed by atoms with E-state index in [0.717, 1.165) is 0 Å². The Labute approximate surface area is 91.8 Å². The van der Waals surface area contributed by atoms with E-state index in [1.807, 2.05) is 0 Å². The molecule has 0 bridgehead atoms. The van der Waals surface area contributed by atoms with Gasteiger partial charge in [0.05, 0.1) is 17.5 Å². The maximum Gasteiger partial charge on any atom is 0.235 e. The first-order chi connectivity index (χ1) is 6.96. The molecule has 0 radical (unpaired) electrons. The molecular formula is C7H11N3O3S2. The van der Waals surface area contributed by atoms with Gasteiger partial charge in [0, 0.05) is 12.2 Å². The molecule has 2 N–H and O–H groups in total. The number of nitrogens with zero attached hydrogens (tertiary/aromatic N) is 1. The third kappa shape index (κ3) is 2.43. The molecule has 2 aliphatic rings. The largest absolute Gasteiger partial charge is 0.277 e. The Morgan fingerprint density at radius 3 is 2.87 bits per heavy atom. The minimum Gasteiger partial charge on any atom is -0.277 e. The average Bonchev–Trinajstić information content (AvgIpc) is 2.53. The van der Waals surface area contributed by atoms with Gasteiger partial charge >= 0.3 is 0 Å². The smallest absolute Gasteiger partial charge is 0.235 e. The van der Waals surface area contributed by atoms with Gasteiger partial charge in [-0.2, -0.15) is 0 Å². The summed E-state index contributed by atoms with van der Waals surface area (Å²) in [6.45, 7) is 1.39. The lowest BCUT2D eigenvalue weighted by Gasteiger charge is -2.05. The Morgan fingerprint density at radius 2 is 2.27 bits per heavy atom. The Balaban J connectivity index is 1.96. The van der Waals surface area contributed by atoms with E-state index in [0.29, 0.717) is 5.17 Å². The molecule has 2 heterocycles. The molecule has 6 nitrogen and oxygen atoms in total. The number of carbonyl (C=O) groups is 1. The van der Waals surface area contributed by atoms with E-state index in [-0.39, 0.29) is 28.7 Å². The van der Waals surface area contributed by atoms with Crippen LogP contribution in [0.3, 0.4) is 0 Å². The first kappa shape index (κ1) is 10.7.